The van der Waals surface area contributed by atoms with E-state index >= 15 is 0 Å². The van der Waals surface area contributed by atoms with Gasteiger partial charge in [0, 0.05) is 43.9 Å². The maximum absolute atomic E-state index is 13.3. The van der Waals surface area contributed by atoms with Gasteiger partial charge in [0.1, 0.15) is 17.1 Å². The smallest absolute Gasteiger partial charge is 0.252 e. The van der Waals surface area contributed by atoms with Crippen molar-refractivity contribution in [2.45, 2.75) is 13.3 Å². The number of hydrogen-bond acceptors (Lipinski definition) is 6. The van der Waals surface area contributed by atoms with E-state index in [1.54, 1.807) is 32.2 Å². The third-order valence-electron chi connectivity index (χ3n) is 7.16. The highest BCUT2D eigenvalue weighted by Crippen LogP contribution is 2.29. The summed E-state index contributed by atoms with van der Waals surface area (Å²) < 4.78 is 11.6. The van der Waals surface area contributed by atoms with Gasteiger partial charge in [0.25, 0.3) is 5.91 Å². The van der Waals surface area contributed by atoms with Crippen molar-refractivity contribution < 1.29 is 13.9 Å². The molecule has 7 nitrogen and oxygen atoms in total. The van der Waals surface area contributed by atoms with Crippen LogP contribution in [0.2, 0.25) is 0 Å². The molecule has 1 N–H and O–H groups in total. The minimum atomic E-state index is -0.254. The Balaban J connectivity index is 1.18. The maximum Gasteiger partial charge on any atom is 0.252 e. The molecule has 0 atom stereocenters. The zero-order chi connectivity index (χ0) is 26.5. The first-order chi connectivity index (χ1) is 18.6. The molecule has 1 aromatic heterocycles. The monoisotopic (exact) mass is 511 g/mol. The third-order valence-corrected chi connectivity index (χ3v) is 7.16. The van der Waals surface area contributed by atoms with Crippen LogP contribution < -0.4 is 20.4 Å². The Labute approximate surface area is 222 Å². The molecule has 4 aromatic rings. The summed E-state index contributed by atoms with van der Waals surface area (Å²) in [5.41, 5.74) is 3.06. The Morgan fingerprint density at radius 1 is 0.947 bits per heavy atom. The second-order valence-electron chi connectivity index (χ2n) is 9.54. The SMILES string of the molecule is COc1ccccc1N1CCN(CCCNC(=O)c2cccc3oc(-c4ccccc4)c(C)c(=O)c23)CC1. The van der Waals surface area contributed by atoms with Crippen molar-refractivity contribution in [2.24, 2.45) is 0 Å². The van der Waals surface area contributed by atoms with Crippen molar-refractivity contribution in [2.75, 3.05) is 51.3 Å². The molecule has 1 aliphatic rings. The number of amides is 1. The van der Waals surface area contributed by atoms with E-state index in [0.29, 0.717) is 34.4 Å². The van der Waals surface area contributed by atoms with E-state index in [4.69, 9.17) is 9.15 Å². The summed E-state index contributed by atoms with van der Waals surface area (Å²) in [6, 6.07) is 22.8. The molecule has 1 amide bonds. The molecule has 1 saturated heterocycles. The van der Waals surface area contributed by atoms with Crippen LogP contribution in [0.1, 0.15) is 22.3 Å². The largest absolute Gasteiger partial charge is 0.495 e. The van der Waals surface area contributed by atoms with E-state index in [1.165, 1.54) is 0 Å². The van der Waals surface area contributed by atoms with E-state index in [0.717, 1.165) is 56.1 Å². The second-order valence-corrected chi connectivity index (χ2v) is 9.54. The Kier molecular flexibility index (Phi) is 7.75. The molecule has 0 aliphatic carbocycles. The number of rotatable bonds is 8. The Morgan fingerprint density at radius 2 is 1.68 bits per heavy atom. The number of carbonyl (C=O) groups is 1. The van der Waals surface area contributed by atoms with Gasteiger partial charge in [-0.25, -0.2) is 0 Å². The number of piperazine rings is 1. The van der Waals surface area contributed by atoms with E-state index in [-0.39, 0.29) is 11.3 Å². The fourth-order valence-corrected chi connectivity index (χ4v) is 5.08. The second kappa shape index (κ2) is 11.5. The summed E-state index contributed by atoms with van der Waals surface area (Å²) in [5.74, 6) is 1.18. The Hall–Kier alpha value is -4.10. The first-order valence-electron chi connectivity index (χ1n) is 13.1. The first kappa shape index (κ1) is 25.5. The summed E-state index contributed by atoms with van der Waals surface area (Å²) in [5, 5.41) is 3.33. The van der Waals surface area contributed by atoms with Crippen molar-refractivity contribution >= 4 is 22.6 Å². The van der Waals surface area contributed by atoms with Crippen LogP contribution in [0.4, 0.5) is 5.69 Å². The van der Waals surface area contributed by atoms with Crippen LogP contribution in [0.3, 0.4) is 0 Å². The molecule has 1 fully saturated rings. The number of ether oxygens (including phenoxy) is 1. The number of anilines is 1. The van der Waals surface area contributed by atoms with Crippen LogP contribution in [-0.2, 0) is 0 Å². The van der Waals surface area contributed by atoms with E-state index in [1.807, 2.05) is 48.5 Å². The first-order valence-corrected chi connectivity index (χ1v) is 13.1. The molecule has 5 rings (SSSR count). The summed E-state index contributed by atoms with van der Waals surface area (Å²) in [6.07, 6.45) is 0.830. The highest BCUT2D eigenvalue weighted by Gasteiger charge is 2.20. The molecule has 2 heterocycles. The van der Waals surface area contributed by atoms with Gasteiger partial charge in [0.05, 0.1) is 23.7 Å². The minimum absolute atomic E-state index is 0.177. The Morgan fingerprint density at radius 3 is 2.45 bits per heavy atom. The average Bonchev–Trinajstić information content (AvgIpc) is 2.97. The van der Waals surface area contributed by atoms with Crippen molar-refractivity contribution in [3.63, 3.8) is 0 Å². The van der Waals surface area contributed by atoms with Crippen LogP contribution in [0.25, 0.3) is 22.3 Å². The van der Waals surface area contributed by atoms with Crippen LogP contribution in [0.5, 0.6) is 5.75 Å². The van der Waals surface area contributed by atoms with Crippen LogP contribution in [-0.4, -0.2) is 57.2 Å². The molecule has 38 heavy (non-hydrogen) atoms. The van der Waals surface area contributed by atoms with E-state index in [2.05, 4.69) is 21.2 Å². The molecule has 0 unspecified atom stereocenters. The topological polar surface area (TPSA) is 75.0 Å². The van der Waals surface area contributed by atoms with Gasteiger partial charge in [-0.05, 0) is 44.2 Å². The van der Waals surface area contributed by atoms with Gasteiger partial charge < -0.3 is 19.4 Å². The lowest BCUT2D eigenvalue weighted by molar-refractivity contribution is 0.0953. The zero-order valence-electron chi connectivity index (χ0n) is 21.9. The molecule has 3 aromatic carbocycles. The molecule has 1 aliphatic heterocycles. The average molecular weight is 512 g/mol. The number of nitrogens with one attached hydrogen (secondary N) is 1. The highest BCUT2D eigenvalue weighted by molar-refractivity contribution is 6.06. The van der Waals surface area contributed by atoms with Crippen LogP contribution in [0.15, 0.2) is 82.0 Å². The number of para-hydroxylation sites is 2. The van der Waals surface area contributed by atoms with Gasteiger partial charge in [-0.2, -0.15) is 0 Å². The van der Waals surface area contributed by atoms with Crippen molar-refractivity contribution in [3.8, 4) is 17.1 Å². The molecular weight excluding hydrogens is 478 g/mol. The number of benzene rings is 3. The van der Waals surface area contributed by atoms with Crippen molar-refractivity contribution in [3.05, 3.63) is 94.1 Å². The number of hydrogen-bond donors (Lipinski definition) is 1. The fraction of sp³-hybridized carbons (Fsp3) is 0.290. The van der Waals surface area contributed by atoms with Crippen molar-refractivity contribution in [1.29, 1.82) is 0 Å². The predicted octanol–water partition coefficient (Wildman–Crippen LogP) is 4.72. The lowest BCUT2D eigenvalue weighted by atomic mass is 10.0. The summed E-state index contributed by atoms with van der Waals surface area (Å²) in [6.45, 7) is 6.96. The summed E-state index contributed by atoms with van der Waals surface area (Å²) in [4.78, 5) is 31.1. The number of nitrogens with zero attached hydrogens (tertiary/aromatic N) is 2. The molecule has 0 radical (unpaired) electrons. The van der Waals surface area contributed by atoms with Gasteiger partial charge in [0.2, 0.25) is 0 Å². The van der Waals surface area contributed by atoms with Crippen molar-refractivity contribution in [1.82, 2.24) is 10.2 Å². The molecule has 196 valence electrons. The molecule has 0 spiro atoms. The van der Waals surface area contributed by atoms with E-state index in [9.17, 15) is 9.59 Å². The predicted molar refractivity (Wildman–Crippen MR) is 151 cm³/mol. The zero-order valence-corrected chi connectivity index (χ0v) is 21.9. The van der Waals surface area contributed by atoms with Gasteiger partial charge >= 0.3 is 0 Å². The number of carbonyl (C=O) groups excluding carboxylic acids is 1. The Bertz CT molecular complexity index is 1470. The van der Waals surface area contributed by atoms with E-state index < -0.39 is 0 Å². The molecule has 0 bridgehead atoms. The molecular formula is C31H33N3O4. The molecule has 7 heteroatoms. The third kappa shape index (κ3) is 5.29. The normalized spacial score (nSPS) is 14.0. The lowest BCUT2D eigenvalue weighted by Crippen LogP contribution is -2.47. The highest BCUT2D eigenvalue weighted by atomic mass is 16.5. The van der Waals surface area contributed by atoms with Crippen LogP contribution >= 0.6 is 0 Å². The standard InChI is InChI=1S/C31H33N3O4/c1-22-29(35)28-24(12-8-15-27(28)38-30(22)23-10-4-3-5-11-23)31(36)32-16-9-17-33-18-20-34(21-19-33)25-13-6-7-14-26(25)37-2/h3-8,10-15H,9,16-21H2,1-2H3,(H,32,36). The quantitative estimate of drug-likeness (QED) is 0.345. The van der Waals surface area contributed by atoms with Gasteiger partial charge in [-0.3, -0.25) is 14.5 Å². The summed E-state index contributed by atoms with van der Waals surface area (Å²) >= 11 is 0. The lowest BCUT2D eigenvalue weighted by Gasteiger charge is -2.36. The van der Waals surface area contributed by atoms with Crippen LogP contribution in [0, 0.1) is 6.92 Å². The number of fused-ring (bicyclic) bond motifs is 1. The summed E-state index contributed by atoms with van der Waals surface area (Å²) in [7, 11) is 1.71. The molecule has 0 saturated carbocycles. The van der Waals surface area contributed by atoms with Gasteiger partial charge in [-0.15, -0.1) is 0 Å². The minimum Gasteiger partial charge on any atom is -0.495 e. The fourth-order valence-electron chi connectivity index (χ4n) is 5.08. The maximum atomic E-state index is 13.3. The van der Waals surface area contributed by atoms with Gasteiger partial charge in [-0.1, -0.05) is 48.5 Å². The van der Waals surface area contributed by atoms with Gasteiger partial charge in [0.15, 0.2) is 5.43 Å². The number of methoxy groups -OCH3 is 1.